The van der Waals surface area contributed by atoms with Gasteiger partial charge in [-0.3, -0.25) is 9.69 Å². The monoisotopic (exact) mass is 394 g/mol. The van der Waals surface area contributed by atoms with Crippen molar-refractivity contribution in [3.05, 3.63) is 19.2 Å². The molecule has 1 saturated heterocycles. The van der Waals surface area contributed by atoms with E-state index in [0.717, 1.165) is 26.2 Å². The van der Waals surface area contributed by atoms with Crippen LogP contribution < -0.4 is 0 Å². The van der Waals surface area contributed by atoms with Crippen LogP contribution in [0.2, 0.25) is 0 Å². The molecular weight excluding hydrogens is 380 g/mol. The third-order valence-corrected chi connectivity index (χ3v) is 6.75. The van der Waals surface area contributed by atoms with Crippen molar-refractivity contribution in [2.24, 2.45) is 0 Å². The quantitative estimate of drug-likeness (QED) is 0.727. The first-order chi connectivity index (χ1) is 8.40. The van der Waals surface area contributed by atoms with E-state index in [0.29, 0.717) is 12.1 Å². The molecular formula is C12H16Br2N2OS. The standard InChI is InChI=1S/C12H16Br2N2OS/c1-7-5-16(6-8(2)15(7)3)12(17)10-4-9(13)11(14)18-10/h4,7-8H,5-6H2,1-3H3. The van der Waals surface area contributed by atoms with Gasteiger partial charge in [0.05, 0.1) is 8.66 Å². The Kier molecular flexibility index (Phi) is 4.52. The van der Waals surface area contributed by atoms with Gasteiger partial charge in [0.25, 0.3) is 5.91 Å². The summed E-state index contributed by atoms with van der Waals surface area (Å²) in [4.78, 5) is 17.5. The van der Waals surface area contributed by atoms with Gasteiger partial charge in [0.2, 0.25) is 0 Å². The Hall–Kier alpha value is 0.0900. The van der Waals surface area contributed by atoms with Crippen LogP contribution in [0.1, 0.15) is 23.5 Å². The second kappa shape index (κ2) is 5.61. The van der Waals surface area contributed by atoms with E-state index in [4.69, 9.17) is 0 Å². The van der Waals surface area contributed by atoms with Crippen LogP contribution >= 0.6 is 43.2 Å². The van der Waals surface area contributed by atoms with Crippen molar-refractivity contribution in [1.82, 2.24) is 9.80 Å². The Morgan fingerprint density at radius 1 is 1.33 bits per heavy atom. The summed E-state index contributed by atoms with van der Waals surface area (Å²) in [5, 5.41) is 0. The lowest BCUT2D eigenvalue weighted by Crippen LogP contribution is -2.56. The number of thiophene rings is 1. The van der Waals surface area contributed by atoms with E-state index >= 15 is 0 Å². The number of likely N-dealkylation sites (N-methyl/N-ethyl adjacent to an activating group) is 1. The molecule has 0 spiro atoms. The second-order valence-corrected chi connectivity index (χ2v) is 8.03. The van der Waals surface area contributed by atoms with Crippen LogP contribution in [0.4, 0.5) is 0 Å². The molecule has 0 radical (unpaired) electrons. The Balaban J connectivity index is 2.14. The Bertz CT molecular complexity index is 431. The topological polar surface area (TPSA) is 23.6 Å². The molecule has 2 atom stereocenters. The molecule has 1 aliphatic heterocycles. The van der Waals surface area contributed by atoms with Crippen molar-refractivity contribution in [1.29, 1.82) is 0 Å². The first-order valence-electron chi connectivity index (χ1n) is 5.86. The minimum Gasteiger partial charge on any atom is -0.335 e. The maximum Gasteiger partial charge on any atom is 0.264 e. The van der Waals surface area contributed by atoms with E-state index in [2.05, 4.69) is 57.7 Å². The Morgan fingerprint density at radius 3 is 2.33 bits per heavy atom. The molecule has 0 saturated carbocycles. The molecule has 2 rings (SSSR count). The predicted molar refractivity (Wildman–Crippen MR) is 82.3 cm³/mol. The van der Waals surface area contributed by atoms with Gasteiger partial charge in [-0.1, -0.05) is 0 Å². The average Bonchev–Trinajstić information content (AvgIpc) is 2.65. The summed E-state index contributed by atoms with van der Waals surface area (Å²) in [6, 6.07) is 2.71. The fourth-order valence-corrected chi connectivity index (χ4v) is 4.18. The first kappa shape index (κ1) is 14.5. The smallest absolute Gasteiger partial charge is 0.264 e. The van der Waals surface area contributed by atoms with E-state index in [-0.39, 0.29) is 5.91 Å². The van der Waals surface area contributed by atoms with Crippen molar-refractivity contribution in [2.75, 3.05) is 20.1 Å². The number of hydrogen-bond donors (Lipinski definition) is 0. The van der Waals surface area contributed by atoms with E-state index in [1.165, 1.54) is 11.3 Å². The zero-order chi connectivity index (χ0) is 13.4. The van der Waals surface area contributed by atoms with Crippen LogP contribution in [0.25, 0.3) is 0 Å². The highest BCUT2D eigenvalue weighted by Crippen LogP contribution is 2.33. The highest BCUT2D eigenvalue weighted by atomic mass is 79.9. The van der Waals surface area contributed by atoms with Gasteiger partial charge in [0.15, 0.2) is 0 Å². The third kappa shape index (κ3) is 2.81. The Morgan fingerprint density at radius 2 is 1.89 bits per heavy atom. The molecule has 1 aliphatic rings. The molecule has 100 valence electrons. The zero-order valence-electron chi connectivity index (χ0n) is 10.6. The van der Waals surface area contributed by atoms with Gasteiger partial charge in [-0.15, -0.1) is 11.3 Å². The summed E-state index contributed by atoms with van der Waals surface area (Å²) >= 11 is 8.34. The molecule has 2 heterocycles. The highest BCUT2D eigenvalue weighted by molar-refractivity contribution is 9.13. The van der Waals surface area contributed by atoms with Crippen molar-refractivity contribution < 1.29 is 4.79 Å². The minimum absolute atomic E-state index is 0.137. The molecule has 2 unspecified atom stereocenters. The van der Waals surface area contributed by atoms with Gasteiger partial charge in [0, 0.05) is 29.6 Å². The number of carbonyl (C=O) groups is 1. The van der Waals surface area contributed by atoms with Crippen molar-refractivity contribution in [3.63, 3.8) is 0 Å². The van der Waals surface area contributed by atoms with E-state index in [9.17, 15) is 4.79 Å². The second-order valence-electron chi connectivity index (χ2n) is 4.81. The van der Waals surface area contributed by atoms with Crippen LogP contribution in [0.5, 0.6) is 0 Å². The van der Waals surface area contributed by atoms with Crippen LogP contribution in [0.3, 0.4) is 0 Å². The lowest BCUT2D eigenvalue weighted by molar-refractivity contribution is 0.0418. The number of carbonyl (C=O) groups excluding carboxylic acids is 1. The van der Waals surface area contributed by atoms with E-state index in [1.807, 2.05) is 11.0 Å². The van der Waals surface area contributed by atoms with Gasteiger partial charge in [-0.05, 0) is 58.8 Å². The SMILES string of the molecule is CC1CN(C(=O)c2cc(Br)c(Br)s2)CC(C)N1C. The largest absolute Gasteiger partial charge is 0.335 e. The maximum atomic E-state index is 12.4. The maximum absolute atomic E-state index is 12.4. The van der Waals surface area contributed by atoms with Gasteiger partial charge in [0.1, 0.15) is 0 Å². The van der Waals surface area contributed by atoms with Crippen LogP contribution in [-0.2, 0) is 0 Å². The molecule has 1 aromatic rings. The predicted octanol–water partition coefficient (Wildman–Crippen LogP) is 3.44. The number of amides is 1. The lowest BCUT2D eigenvalue weighted by atomic mass is 10.1. The summed E-state index contributed by atoms with van der Waals surface area (Å²) in [7, 11) is 2.12. The molecule has 1 fully saturated rings. The summed E-state index contributed by atoms with van der Waals surface area (Å²) in [6.45, 7) is 5.92. The summed E-state index contributed by atoms with van der Waals surface area (Å²) in [5.41, 5.74) is 0. The average molecular weight is 396 g/mol. The van der Waals surface area contributed by atoms with Crippen molar-refractivity contribution in [3.8, 4) is 0 Å². The number of nitrogens with zero attached hydrogens (tertiary/aromatic N) is 2. The van der Waals surface area contributed by atoms with Crippen LogP contribution in [0.15, 0.2) is 14.3 Å². The van der Waals surface area contributed by atoms with E-state index in [1.54, 1.807) is 0 Å². The molecule has 0 aromatic carbocycles. The molecule has 18 heavy (non-hydrogen) atoms. The third-order valence-electron chi connectivity index (χ3n) is 3.50. The highest BCUT2D eigenvalue weighted by Gasteiger charge is 2.30. The van der Waals surface area contributed by atoms with Gasteiger partial charge >= 0.3 is 0 Å². The first-order valence-corrected chi connectivity index (χ1v) is 8.26. The molecule has 6 heteroatoms. The van der Waals surface area contributed by atoms with Gasteiger partial charge < -0.3 is 4.90 Å². The molecule has 0 N–H and O–H groups in total. The fraction of sp³-hybridized carbons (Fsp3) is 0.583. The Labute approximate surface area is 128 Å². The molecule has 0 aliphatic carbocycles. The summed E-state index contributed by atoms with van der Waals surface area (Å²) in [5.74, 6) is 0.137. The van der Waals surface area contributed by atoms with Crippen LogP contribution in [0, 0.1) is 0 Å². The molecule has 3 nitrogen and oxygen atoms in total. The van der Waals surface area contributed by atoms with Crippen molar-refractivity contribution in [2.45, 2.75) is 25.9 Å². The number of halogens is 2. The molecule has 1 aromatic heterocycles. The van der Waals surface area contributed by atoms with E-state index < -0.39 is 0 Å². The summed E-state index contributed by atoms with van der Waals surface area (Å²) in [6.07, 6.45) is 0. The van der Waals surface area contributed by atoms with Gasteiger partial charge in [-0.25, -0.2) is 0 Å². The molecule has 1 amide bonds. The minimum atomic E-state index is 0.137. The van der Waals surface area contributed by atoms with Gasteiger partial charge in [-0.2, -0.15) is 0 Å². The number of hydrogen-bond acceptors (Lipinski definition) is 3. The lowest BCUT2D eigenvalue weighted by Gasteiger charge is -2.42. The molecule has 0 bridgehead atoms. The normalized spacial score (nSPS) is 25.5. The van der Waals surface area contributed by atoms with Crippen LogP contribution in [-0.4, -0.2) is 47.9 Å². The fourth-order valence-electron chi connectivity index (χ4n) is 2.18. The number of rotatable bonds is 1. The number of piperazine rings is 1. The summed E-state index contributed by atoms with van der Waals surface area (Å²) < 4.78 is 1.92. The zero-order valence-corrected chi connectivity index (χ0v) is 14.6. The van der Waals surface area contributed by atoms with Crippen molar-refractivity contribution >= 4 is 49.1 Å².